The fraction of sp³-hybridized carbons (Fsp3) is 0.0714. The lowest BCUT2D eigenvalue weighted by molar-refractivity contribution is -0.195. The summed E-state index contributed by atoms with van der Waals surface area (Å²) in [6, 6.07) is 13.5. The molecule has 0 spiro atoms. The monoisotopic (exact) mass is 346 g/mol. The Hall–Kier alpha value is -2.75. The quantitative estimate of drug-likeness (QED) is 0.175. The number of nitrogens with zero attached hydrogens (tertiary/aromatic N) is 3. The summed E-state index contributed by atoms with van der Waals surface area (Å²) in [5, 5.41) is 8.87. The number of hydrogen-bond donors (Lipinski definition) is 3. The predicted molar refractivity (Wildman–Crippen MR) is 89.8 cm³/mol. The van der Waals surface area contributed by atoms with Crippen molar-refractivity contribution in [2.45, 2.75) is 11.4 Å². The van der Waals surface area contributed by atoms with E-state index in [1.807, 2.05) is 24.3 Å². The second-order valence-corrected chi connectivity index (χ2v) is 5.21. The van der Waals surface area contributed by atoms with Crippen LogP contribution in [0.4, 0.5) is 16.2 Å². The minimum atomic E-state index is -0.343. The van der Waals surface area contributed by atoms with E-state index in [1.165, 1.54) is 0 Å². The van der Waals surface area contributed by atoms with Gasteiger partial charge in [0, 0.05) is 27.7 Å². The van der Waals surface area contributed by atoms with E-state index < -0.39 is 0 Å². The van der Waals surface area contributed by atoms with Crippen LogP contribution in [0, 0.1) is 0 Å². The first kappa shape index (κ1) is 17.6. The van der Waals surface area contributed by atoms with Crippen LogP contribution in [0.5, 0.6) is 0 Å². The third-order valence-corrected chi connectivity index (χ3v) is 3.44. The maximum absolute atomic E-state index is 11.8. The number of nitrogens with one attached hydrogen (secondary N) is 2. The summed E-state index contributed by atoms with van der Waals surface area (Å²) in [6.07, 6.45) is 0. The number of amides is 2. The van der Waals surface area contributed by atoms with Crippen molar-refractivity contribution in [3.63, 3.8) is 0 Å². The van der Waals surface area contributed by atoms with Crippen LogP contribution < -0.4 is 16.5 Å². The second kappa shape index (κ2) is 9.40. The first-order valence-corrected chi connectivity index (χ1v) is 7.44. The Bertz CT molecular complexity index is 716. The van der Waals surface area contributed by atoms with Crippen molar-refractivity contribution in [1.82, 2.24) is 5.32 Å². The zero-order valence-corrected chi connectivity index (χ0v) is 13.2. The Morgan fingerprint density at radius 1 is 1.21 bits per heavy atom. The van der Waals surface area contributed by atoms with Crippen molar-refractivity contribution >= 4 is 29.4 Å². The molecule has 0 atom stereocenters. The number of carbonyl (C=O) groups is 1. The van der Waals surface area contributed by atoms with Gasteiger partial charge in [-0.25, -0.2) is 4.79 Å². The minimum absolute atomic E-state index is 0.343. The lowest BCUT2D eigenvalue weighted by atomic mass is 10.2. The molecule has 2 aromatic carbocycles. The highest BCUT2D eigenvalue weighted by molar-refractivity contribution is 7.94. The van der Waals surface area contributed by atoms with E-state index >= 15 is 0 Å². The fourth-order valence-corrected chi connectivity index (χ4v) is 2.11. The first-order chi connectivity index (χ1) is 11.7. The van der Waals surface area contributed by atoms with Crippen LogP contribution in [-0.2, 0) is 15.9 Å². The molecule has 9 nitrogen and oxygen atoms in total. The molecule has 0 bridgehead atoms. The van der Waals surface area contributed by atoms with Crippen LogP contribution in [0.3, 0.4) is 0 Å². The highest BCUT2D eigenvalue weighted by atomic mass is 32.2. The Morgan fingerprint density at radius 3 is 2.54 bits per heavy atom. The average molecular weight is 346 g/mol. The van der Waals surface area contributed by atoms with Crippen LogP contribution >= 0.6 is 12.0 Å². The van der Waals surface area contributed by atoms with E-state index in [4.69, 9.17) is 11.4 Å². The number of rotatable bonds is 7. The maximum atomic E-state index is 11.8. The van der Waals surface area contributed by atoms with Gasteiger partial charge in [-0.1, -0.05) is 29.4 Å². The topological polar surface area (TPSA) is 134 Å². The summed E-state index contributed by atoms with van der Waals surface area (Å²) < 4.78 is 4.54. The van der Waals surface area contributed by atoms with Gasteiger partial charge in [-0.2, -0.15) is 5.90 Å². The zero-order valence-electron chi connectivity index (χ0n) is 12.4. The van der Waals surface area contributed by atoms with E-state index in [9.17, 15) is 4.79 Å². The lowest BCUT2D eigenvalue weighted by Crippen LogP contribution is -2.28. The summed E-state index contributed by atoms with van der Waals surface area (Å²) in [6.45, 7) is 0.363. The summed E-state index contributed by atoms with van der Waals surface area (Å²) in [4.78, 5) is 19.4. The summed E-state index contributed by atoms with van der Waals surface area (Å²) >= 11 is 0.983. The second-order valence-electron chi connectivity index (χ2n) is 4.44. The highest BCUT2D eigenvalue weighted by Gasteiger charge is 2.02. The van der Waals surface area contributed by atoms with Crippen molar-refractivity contribution in [1.29, 1.82) is 0 Å². The van der Waals surface area contributed by atoms with E-state index in [2.05, 4.69) is 30.0 Å². The van der Waals surface area contributed by atoms with E-state index in [0.29, 0.717) is 17.9 Å². The summed E-state index contributed by atoms with van der Waals surface area (Å²) in [5.41, 5.74) is 10.3. The van der Waals surface area contributed by atoms with Gasteiger partial charge in [-0.05, 0) is 35.4 Å². The Labute approximate surface area is 141 Å². The molecule has 0 unspecified atom stereocenters. The number of azide groups is 1. The van der Waals surface area contributed by atoms with E-state index in [0.717, 1.165) is 22.5 Å². The Kier molecular flexibility index (Phi) is 6.90. The molecule has 0 saturated heterocycles. The number of carbonyl (C=O) groups excluding carboxylic acids is 1. The summed E-state index contributed by atoms with van der Waals surface area (Å²) in [7, 11) is 0. The van der Waals surface area contributed by atoms with Gasteiger partial charge in [0.1, 0.15) is 0 Å². The number of nitrogens with two attached hydrogens (primary N) is 1. The van der Waals surface area contributed by atoms with Gasteiger partial charge in [-0.15, -0.1) is 9.32 Å². The molecule has 0 aliphatic heterocycles. The number of hydrogen-bond acceptors (Lipinski definition) is 6. The van der Waals surface area contributed by atoms with Gasteiger partial charge in [0.25, 0.3) is 0 Å². The molecule has 0 saturated carbocycles. The Morgan fingerprint density at radius 2 is 1.92 bits per heavy atom. The largest absolute Gasteiger partial charge is 0.334 e. The highest BCUT2D eigenvalue weighted by Crippen LogP contribution is 2.19. The van der Waals surface area contributed by atoms with E-state index in [1.54, 1.807) is 24.3 Å². The molecular weight excluding hydrogens is 332 g/mol. The summed E-state index contributed by atoms with van der Waals surface area (Å²) in [5.74, 6) is 4.76. The third-order valence-electron chi connectivity index (χ3n) is 2.83. The van der Waals surface area contributed by atoms with Crippen molar-refractivity contribution in [2.75, 3.05) is 5.32 Å². The van der Waals surface area contributed by atoms with Gasteiger partial charge in [0.05, 0.1) is 12.0 Å². The van der Waals surface area contributed by atoms with Crippen LogP contribution in [0.1, 0.15) is 5.56 Å². The lowest BCUT2D eigenvalue weighted by Gasteiger charge is -2.08. The van der Waals surface area contributed by atoms with Crippen molar-refractivity contribution in [3.8, 4) is 0 Å². The molecule has 0 aromatic heterocycles. The minimum Gasteiger partial charge on any atom is -0.334 e. The van der Waals surface area contributed by atoms with Gasteiger partial charge in [0.2, 0.25) is 0 Å². The molecule has 2 amide bonds. The SMILES string of the molecule is [N-]=[N+]=Nc1ccc(NC(=O)NCc2ccc(SOON)cc2)cc1. The average Bonchev–Trinajstić information content (AvgIpc) is 2.61. The molecular formula is C14H14N6O3S. The molecule has 24 heavy (non-hydrogen) atoms. The van der Waals surface area contributed by atoms with Gasteiger partial charge in [0.15, 0.2) is 0 Å². The molecule has 0 aliphatic carbocycles. The molecule has 124 valence electrons. The third kappa shape index (κ3) is 5.80. The van der Waals surface area contributed by atoms with Crippen LogP contribution in [-0.4, -0.2) is 6.03 Å². The van der Waals surface area contributed by atoms with Gasteiger partial charge in [-0.3, -0.25) is 0 Å². The standard InChI is InChI=1S/C14H14N6O3S/c15-20-19-12-5-3-11(4-6-12)18-14(21)17-9-10-1-7-13(8-2-10)24-23-22-16/h1-8H,9,16H2,(H2,17,18,21). The molecule has 0 aliphatic rings. The number of anilines is 1. The number of benzene rings is 2. The molecule has 0 fully saturated rings. The molecule has 0 heterocycles. The van der Waals surface area contributed by atoms with E-state index in [-0.39, 0.29) is 6.03 Å². The molecule has 2 aromatic rings. The molecule has 4 N–H and O–H groups in total. The van der Waals surface area contributed by atoms with Crippen LogP contribution in [0.2, 0.25) is 0 Å². The number of urea groups is 1. The van der Waals surface area contributed by atoms with Crippen LogP contribution in [0.25, 0.3) is 10.4 Å². The van der Waals surface area contributed by atoms with Gasteiger partial charge >= 0.3 is 6.03 Å². The van der Waals surface area contributed by atoms with Crippen molar-refractivity contribution in [3.05, 3.63) is 64.5 Å². The first-order valence-electron chi connectivity index (χ1n) is 6.70. The fourth-order valence-electron chi connectivity index (χ4n) is 1.74. The van der Waals surface area contributed by atoms with Crippen LogP contribution in [0.15, 0.2) is 58.5 Å². The molecule has 0 radical (unpaired) electrons. The van der Waals surface area contributed by atoms with Crippen molar-refractivity contribution < 1.29 is 14.1 Å². The van der Waals surface area contributed by atoms with Gasteiger partial charge < -0.3 is 10.6 Å². The van der Waals surface area contributed by atoms with Crippen molar-refractivity contribution in [2.24, 2.45) is 11.0 Å². The molecule has 2 rings (SSSR count). The maximum Gasteiger partial charge on any atom is 0.319 e. The predicted octanol–water partition coefficient (Wildman–Crippen LogP) is 3.78. The zero-order chi connectivity index (χ0) is 17.2. The normalized spacial score (nSPS) is 9.88. The Balaban J connectivity index is 1.81. The molecule has 10 heteroatoms. The smallest absolute Gasteiger partial charge is 0.319 e.